The van der Waals surface area contributed by atoms with E-state index in [0.717, 1.165) is 24.1 Å². The highest BCUT2D eigenvalue weighted by Gasteiger charge is 2.23. The van der Waals surface area contributed by atoms with Crippen molar-refractivity contribution in [2.45, 2.75) is 39.2 Å². The molecule has 0 radical (unpaired) electrons. The average molecular weight is 217 g/mol. The quantitative estimate of drug-likeness (QED) is 0.778. The fraction of sp³-hybridized carbons (Fsp3) is 1.00. The van der Waals surface area contributed by atoms with E-state index in [0.29, 0.717) is 6.04 Å². The Morgan fingerprint density at radius 1 is 1.29 bits per heavy atom. The standard InChI is InChI=1S/C11H23NOS/c1-9-4-5-11(8-10(9)2)12-6-7-14(3)13/h9-12H,4-8H2,1-3H3/t9-,10-,11+,14+/m1/s1. The molecule has 1 N–H and O–H groups in total. The van der Waals surface area contributed by atoms with Crippen molar-refractivity contribution in [3.63, 3.8) is 0 Å². The van der Waals surface area contributed by atoms with Crippen LogP contribution in [0.3, 0.4) is 0 Å². The van der Waals surface area contributed by atoms with E-state index in [1.54, 1.807) is 6.26 Å². The molecule has 0 saturated heterocycles. The molecule has 0 amide bonds. The smallest absolute Gasteiger partial charge is 0.0357 e. The number of hydrogen-bond acceptors (Lipinski definition) is 2. The molecule has 1 saturated carbocycles. The van der Waals surface area contributed by atoms with Crippen molar-refractivity contribution >= 4 is 10.8 Å². The van der Waals surface area contributed by atoms with Gasteiger partial charge in [-0.2, -0.15) is 0 Å². The lowest BCUT2D eigenvalue weighted by atomic mass is 9.79. The van der Waals surface area contributed by atoms with Gasteiger partial charge in [0.2, 0.25) is 0 Å². The summed E-state index contributed by atoms with van der Waals surface area (Å²) >= 11 is 0. The monoisotopic (exact) mass is 217 g/mol. The van der Waals surface area contributed by atoms with Gasteiger partial charge in [0.25, 0.3) is 0 Å². The molecular formula is C11H23NOS. The predicted molar refractivity (Wildman–Crippen MR) is 62.9 cm³/mol. The molecular weight excluding hydrogens is 194 g/mol. The van der Waals surface area contributed by atoms with E-state index < -0.39 is 10.8 Å². The summed E-state index contributed by atoms with van der Waals surface area (Å²) in [5.41, 5.74) is 0. The SMILES string of the molecule is C[C@@H]1CC[C@H](NCC[S@](C)=O)C[C@H]1C. The highest BCUT2D eigenvalue weighted by molar-refractivity contribution is 7.84. The van der Waals surface area contributed by atoms with Crippen molar-refractivity contribution in [1.29, 1.82) is 0 Å². The second kappa shape index (κ2) is 5.86. The van der Waals surface area contributed by atoms with Gasteiger partial charge in [-0.1, -0.05) is 13.8 Å². The summed E-state index contributed by atoms with van der Waals surface area (Å²) in [7, 11) is -0.648. The van der Waals surface area contributed by atoms with Crippen LogP contribution in [0.5, 0.6) is 0 Å². The maximum atomic E-state index is 10.9. The number of hydrogen-bond donors (Lipinski definition) is 1. The first-order valence-electron chi connectivity index (χ1n) is 5.63. The molecule has 0 bridgehead atoms. The minimum atomic E-state index is -0.648. The molecule has 0 aromatic heterocycles. The molecule has 1 fully saturated rings. The largest absolute Gasteiger partial charge is 0.313 e. The summed E-state index contributed by atoms with van der Waals surface area (Å²) in [5, 5.41) is 3.51. The van der Waals surface area contributed by atoms with Crippen LogP contribution >= 0.6 is 0 Å². The molecule has 1 aliphatic rings. The molecule has 2 nitrogen and oxygen atoms in total. The first kappa shape index (κ1) is 12.2. The minimum absolute atomic E-state index is 0.648. The van der Waals surface area contributed by atoms with Crippen LogP contribution in [0.4, 0.5) is 0 Å². The summed E-state index contributed by atoms with van der Waals surface area (Å²) in [6.07, 6.45) is 5.70. The van der Waals surface area contributed by atoms with Crippen molar-refractivity contribution in [3.8, 4) is 0 Å². The maximum absolute atomic E-state index is 10.9. The lowest BCUT2D eigenvalue weighted by Gasteiger charge is -2.32. The van der Waals surface area contributed by atoms with E-state index in [1.165, 1.54) is 19.3 Å². The molecule has 84 valence electrons. The Balaban J connectivity index is 2.16. The van der Waals surface area contributed by atoms with Crippen molar-refractivity contribution in [1.82, 2.24) is 5.32 Å². The molecule has 0 unspecified atom stereocenters. The predicted octanol–water partition coefficient (Wildman–Crippen LogP) is 1.78. The van der Waals surface area contributed by atoms with Crippen molar-refractivity contribution in [2.75, 3.05) is 18.6 Å². The molecule has 0 spiro atoms. The van der Waals surface area contributed by atoms with Crippen LogP contribution in [0.2, 0.25) is 0 Å². The van der Waals surface area contributed by atoms with Gasteiger partial charge in [-0.05, 0) is 31.1 Å². The highest BCUT2D eigenvalue weighted by atomic mass is 32.2. The van der Waals surface area contributed by atoms with E-state index in [1.807, 2.05) is 0 Å². The maximum Gasteiger partial charge on any atom is 0.0357 e. The van der Waals surface area contributed by atoms with E-state index >= 15 is 0 Å². The van der Waals surface area contributed by atoms with Gasteiger partial charge in [-0.15, -0.1) is 0 Å². The molecule has 1 rings (SSSR count). The van der Waals surface area contributed by atoms with Crippen LogP contribution < -0.4 is 5.32 Å². The summed E-state index contributed by atoms with van der Waals surface area (Å²) in [6.45, 7) is 5.60. The molecule has 3 heteroatoms. The van der Waals surface area contributed by atoms with Gasteiger partial charge in [0.15, 0.2) is 0 Å². The lowest BCUT2D eigenvalue weighted by molar-refractivity contribution is 0.228. The van der Waals surface area contributed by atoms with E-state index in [4.69, 9.17) is 0 Å². The molecule has 4 atom stereocenters. The Morgan fingerprint density at radius 2 is 2.00 bits per heavy atom. The Kier molecular flexibility index (Phi) is 5.10. The zero-order valence-electron chi connectivity index (χ0n) is 9.58. The fourth-order valence-electron chi connectivity index (χ4n) is 2.14. The first-order valence-corrected chi connectivity index (χ1v) is 7.35. The van der Waals surface area contributed by atoms with E-state index in [2.05, 4.69) is 19.2 Å². The highest BCUT2D eigenvalue weighted by Crippen LogP contribution is 2.29. The van der Waals surface area contributed by atoms with Crippen LogP contribution in [0, 0.1) is 11.8 Å². The second-order valence-corrected chi connectivity index (χ2v) is 6.25. The Labute approximate surface area is 90.3 Å². The van der Waals surface area contributed by atoms with Crippen molar-refractivity contribution in [3.05, 3.63) is 0 Å². The van der Waals surface area contributed by atoms with E-state index in [9.17, 15) is 4.21 Å². The summed E-state index contributed by atoms with van der Waals surface area (Å²) < 4.78 is 10.9. The first-order chi connectivity index (χ1) is 6.59. The third-order valence-electron chi connectivity index (χ3n) is 3.42. The fourth-order valence-corrected chi connectivity index (χ4v) is 2.55. The van der Waals surface area contributed by atoms with Crippen molar-refractivity contribution in [2.24, 2.45) is 11.8 Å². The Hall–Kier alpha value is 0.110. The van der Waals surface area contributed by atoms with Crippen LogP contribution in [-0.2, 0) is 10.8 Å². The Bertz CT molecular complexity index is 196. The topological polar surface area (TPSA) is 29.1 Å². The third kappa shape index (κ3) is 4.09. The molecule has 0 heterocycles. The lowest BCUT2D eigenvalue weighted by Crippen LogP contribution is -2.37. The van der Waals surface area contributed by atoms with Gasteiger partial charge in [-0.3, -0.25) is 4.21 Å². The molecule has 14 heavy (non-hydrogen) atoms. The van der Waals surface area contributed by atoms with Gasteiger partial charge < -0.3 is 5.32 Å². The molecule has 1 aliphatic carbocycles. The number of nitrogens with one attached hydrogen (secondary N) is 1. The number of rotatable bonds is 4. The van der Waals surface area contributed by atoms with Crippen LogP contribution in [0.15, 0.2) is 0 Å². The van der Waals surface area contributed by atoms with Gasteiger partial charge in [0.1, 0.15) is 0 Å². The van der Waals surface area contributed by atoms with Crippen molar-refractivity contribution < 1.29 is 4.21 Å². The second-order valence-electron chi connectivity index (χ2n) is 4.70. The summed E-state index contributed by atoms with van der Waals surface area (Å²) in [6, 6.07) is 0.671. The van der Waals surface area contributed by atoms with E-state index in [-0.39, 0.29) is 0 Å². The van der Waals surface area contributed by atoms with Gasteiger partial charge in [0, 0.05) is 35.4 Å². The molecule has 0 aliphatic heterocycles. The van der Waals surface area contributed by atoms with Gasteiger partial charge >= 0.3 is 0 Å². The minimum Gasteiger partial charge on any atom is -0.313 e. The third-order valence-corrected chi connectivity index (χ3v) is 4.20. The zero-order chi connectivity index (χ0) is 10.6. The van der Waals surface area contributed by atoms with Crippen LogP contribution in [-0.4, -0.2) is 28.8 Å². The van der Waals surface area contributed by atoms with Gasteiger partial charge in [-0.25, -0.2) is 0 Å². The Morgan fingerprint density at radius 3 is 2.57 bits per heavy atom. The molecule has 0 aromatic carbocycles. The van der Waals surface area contributed by atoms with Crippen LogP contribution in [0.25, 0.3) is 0 Å². The van der Waals surface area contributed by atoms with Gasteiger partial charge in [0.05, 0.1) is 0 Å². The summed E-state index contributed by atoms with van der Waals surface area (Å²) in [4.78, 5) is 0. The summed E-state index contributed by atoms with van der Waals surface area (Å²) in [5.74, 6) is 2.52. The average Bonchev–Trinajstić information content (AvgIpc) is 2.10. The normalized spacial score (nSPS) is 35.5. The zero-order valence-corrected chi connectivity index (χ0v) is 10.4. The van der Waals surface area contributed by atoms with Crippen LogP contribution in [0.1, 0.15) is 33.1 Å². The molecule has 0 aromatic rings.